The Hall–Kier alpha value is -1.16. The zero-order valence-corrected chi connectivity index (χ0v) is 19.3. The van der Waals surface area contributed by atoms with Crippen molar-refractivity contribution >= 4 is 45.9 Å². The minimum absolute atomic E-state index is 0. The second-order valence-corrected chi connectivity index (χ2v) is 6.71. The van der Waals surface area contributed by atoms with E-state index in [1.807, 2.05) is 12.1 Å². The van der Waals surface area contributed by atoms with Gasteiger partial charge in [-0.1, -0.05) is 48.3 Å². The Morgan fingerprint density at radius 3 is 2.58 bits per heavy atom. The highest BCUT2D eigenvalue weighted by molar-refractivity contribution is 14.0. The van der Waals surface area contributed by atoms with Crippen LogP contribution in [0.15, 0.2) is 40.1 Å². The average molecular weight is 535 g/mol. The predicted molar refractivity (Wildman–Crippen MR) is 121 cm³/mol. The Balaban J connectivity index is 0.00000338. The number of guanidine groups is 1. The molecule has 1 heterocycles. The van der Waals surface area contributed by atoms with Crippen LogP contribution in [0.1, 0.15) is 38.1 Å². The molecule has 26 heavy (non-hydrogen) atoms. The number of unbranched alkanes of at least 4 members (excludes halogenated alkanes) is 1. The lowest BCUT2D eigenvalue weighted by molar-refractivity contribution is 0.628. The third-order valence-electron chi connectivity index (χ3n) is 3.81. The quantitative estimate of drug-likeness (QED) is 0.222. The molecule has 0 bridgehead atoms. The monoisotopic (exact) mass is 534 g/mol. The zero-order chi connectivity index (χ0) is 17.9. The first-order chi connectivity index (χ1) is 12.2. The molecule has 0 aliphatic carbocycles. The van der Waals surface area contributed by atoms with Crippen LogP contribution in [0.25, 0.3) is 0 Å². The summed E-state index contributed by atoms with van der Waals surface area (Å²) in [5.74, 6) is 1.86. The number of rotatable bonds is 9. The van der Waals surface area contributed by atoms with E-state index in [1.54, 1.807) is 6.33 Å². The summed E-state index contributed by atoms with van der Waals surface area (Å²) in [5, 5.41) is 14.9. The molecule has 0 saturated carbocycles. The van der Waals surface area contributed by atoms with Crippen LogP contribution in [0, 0.1) is 0 Å². The van der Waals surface area contributed by atoms with Gasteiger partial charge in [0.15, 0.2) is 5.96 Å². The molecule has 0 saturated heterocycles. The Kier molecular flexibility index (Phi) is 11.5. The third kappa shape index (κ3) is 8.03. The van der Waals surface area contributed by atoms with E-state index in [-0.39, 0.29) is 24.0 Å². The van der Waals surface area contributed by atoms with Crippen molar-refractivity contribution in [3.8, 4) is 0 Å². The lowest BCUT2D eigenvalue weighted by Crippen LogP contribution is -2.39. The van der Waals surface area contributed by atoms with E-state index in [4.69, 9.17) is 4.99 Å². The van der Waals surface area contributed by atoms with Gasteiger partial charge in [0, 0.05) is 30.5 Å². The Morgan fingerprint density at radius 1 is 1.15 bits per heavy atom. The molecule has 6 nitrogen and oxygen atoms in total. The lowest BCUT2D eigenvalue weighted by atomic mass is 10.2. The molecule has 2 rings (SSSR count). The van der Waals surface area contributed by atoms with Crippen molar-refractivity contribution < 1.29 is 0 Å². The molecule has 0 aliphatic rings. The number of nitrogens with one attached hydrogen (secondary N) is 2. The van der Waals surface area contributed by atoms with Gasteiger partial charge in [-0.05, 0) is 24.1 Å². The van der Waals surface area contributed by atoms with Gasteiger partial charge >= 0.3 is 0 Å². The smallest absolute Gasteiger partial charge is 0.191 e. The van der Waals surface area contributed by atoms with Crippen LogP contribution in [0.2, 0.25) is 0 Å². The third-order valence-corrected chi connectivity index (χ3v) is 4.34. The number of aliphatic imine (C=N–C) groups is 1. The van der Waals surface area contributed by atoms with Crippen molar-refractivity contribution in [1.29, 1.82) is 0 Å². The minimum Gasteiger partial charge on any atom is -0.356 e. The number of hydrogen-bond donors (Lipinski definition) is 2. The highest BCUT2D eigenvalue weighted by Crippen LogP contribution is 2.11. The van der Waals surface area contributed by atoms with Crippen molar-refractivity contribution in [3.05, 3.63) is 46.5 Å². The van der Waals surface area contributed by atoms with Gasteiger partial charge in [-0.2, -0.15) is 0 Å². The van der Waals surface area contributed by atoms with Crippen molar-refractivity contribution in [1.82, 2.24) is 25.4 Å². The van der Waals surface area contributed by atoms with Crippen LogP contribution in [0.4, 0.5) is 0 Å². The topological polar surface area (TPSA) is 67.1 Å². The molecule has 0 atom stereocenters. The van der Waals surface area contributed by atoms with Gasteiger partial charge in [0.1, 0.15) is 12.2 Å². The molecule has 0 radical (unpaired) electrons. The van der Waals surface area contributed by atoms with Crippen LogP contribution < -0.4 is 10.6 Å². The van der Waals surface area contributed by atoms with E-state index in [9.17, 15) is 0 Å². The second kappa shape index (κ2) is 13.1. The standard InChI is InChI=1S/C18H27BrN6.HI/c1-3-5-10-20-18(22-13-15-6-8-16(19)9-7-15)21-11-12-25-14-23-24-17(25)4-2;/h6-9,14H,3-5,10-13H2,1-2H3,(H2,20,21,22);1H. The maximum absolute atomic E-state index is 4.70. The number of hydrogen-bond acceptors (Lipinski definition) is 3. The Labute approximate surface area is 181 Å². The van der Waals surface area contributed by atoms with Gasteiger partial charge < -0.3 is 15.2 Å². The predicted octanol–water partition coefficient (Wildman–Crippen LogP) is 3.76. The zero-order valence-electron chi connectivity index (χ0n) is 15.4. The summed E-state index contributed by atoms with van der Waals surface area (Å²) >= 11 is 3.46. The molecule has 1 aromatic heterocycles. The number of aromatic nitrogens is 3. The molecule has 2 N–H and O–H groups in total. The molecular formula is C18H28BrIN6. The Bertz CT molecular complexity index is 656. The summed E-state index contributed by atoms with van der Waals surface area (Å²) in [4.78, 5) is 4.70. The summed E-state index contributed by atoms with van der Waals surface area (Å²) in [6, 6.07) is 8.26. The molecule has 144 valence electrons. The molecule has 8 heteroatoms. The van der Waals surface area contributed by atoms with E-state index < -0.39 is 0 Å². The van der Waals surface area contributed by atoms with E-state index in [1.165, 1.54) is 5.56 Å². The average Bonchev–Trinajstić information content (AvgIpc) is 3.08. The van der Waals surface area contributed by atoms with Crippen molar-refractivity contribution in [2.75, 3.05) is 13.1 Å². The molecule has 2 aromatic rings. The first-order valence-corrected chi connectivity index (χ1v) is 9.65. The highest BCUT2D eigenvalue weighted by atomic mass is 127. The molecule has 0 aliphatic heterocycles. The fraction of sp³-hybridized carbons (Fsp3) is 0.500. The summed E-state index contributed by atoms with van der Waals surface area (Å²) in [7, 11) is 0. The number of nitrogens with zero attached hydrogens (tertiary/aromatic N) is 4. The molecular weight excluding hydrogens is 507 g/mol. The fourth-order valence-corrected chi connectivity index (χ4v) is 2.62. The summed E-state index contributed by atoms with van der Waals surface area (Å²) < 4.78 is 3.16. The van der Waals surface area contributed by atoms with Gasteiger partial charge in [-0.25, -0.2) is 4.99 Å². The van der Waals surface area contributed by atoms with Crippen molar-refractivity contribution in [2.24, 2.45) is 4.99 Å². The number of aryl methyl sites for hydroxylation is 1. The number of benzene rings is 1. The normalized spacial score (nSPS) is 11.1. The Morgan fingerprint density at radius 2 is 1.88 bits per heavy atom. The fourth-order valence-electron chi connectivity index (χ4n) is 2.35. The van der Waals surface area contributed by atoms with Gasteiger partial charge in [0.2, 0.25) is 0 Å². The van der Waals surface area contributed by atoms with E-state index in [0.29, 0.717) is 6.54 Å². The molecule has 0 unspecified atom stereocenters. The van der Waals surface area contributed by atoms with Gasteiger partial charge in [0.05, 0.1) is 6.54 Å². The van der Waals surface area contributed by atoms with Crippen LogP contribution in [-0.2, 0) is 19.5 Å². The van der Waals surface area contributed by atoms with Crippen LogP contribution >= 0.6 is 39.9 Å². The van der Waals surface area contributed by atoms with Gasteiger partial charge in [-0.15, -0.1) is 34.2 Å². The first-order valence-electron chi connectivity index (χ1n) is 8.86. The van der Waals surface area contributed by atoms with Crippen LogP contribution in [0.5, 0.6) is 0 Å². The maximum Gasteiger partial charge on any atom is 0.191 e. The minimum atomic E-state index is 0. The van der Waals surface area contributed by atoms with E-state index in [2.05, 4.69) is 67.3 Å². The van der Waals surface area contributed by atoms with E-state index >= 15 is 0 Å². The summed E-state index contributed by atoms with van der Waals surface area (Å²) in [6.45, 7) is 7.46. The first kappa shape index (κ1) is 22.9. The lowest BCUT2D eigenvalue weighted by Gasteiger charge is -2.13. The van der Waals surface area contributed by atoms with Crippen molar-refractivity contribution in [3.63, 3.8) is 0 Å². The van der Waals surface area contributed by atoms with Gasteiger partial charge in [-0.3, -0.25) is 0 Å². The molecule has 0 fully saturated rings. The SMILES string of the molecule is CCCCNC(=NCc1ccc(Br)cc1)NCCn1cnnc1CC.I. The summed E-state index contributed by atoms with van der Waals surface area (Å²) in [5.41, 5.74) is 1.19. The maximum atomic E-state index is 4.70. The number of halogens is 2. The van der Waals surface area contributed by atoms with Crippen LogP contribution in [0.3, 0.4) is 0 Å². The van der Waals surface area contributed by atoms with Gasteiger partial charge in [0.25, 0.3) is 0 Å². The largest absolute Gasteiger partial charge is 0.356 e. The van der Waals surface area contributed by atoms with Crippen LogP contribution in [-0.4, -0.2) is 33.8 Å². The van der Waals surface area contributed by atoms with E-state index in [0.717, 1.165) is 55.2 Å². The highest BCUT2D eigenvalue weighted by Gasteiger charge is 2.03. The summed E-state index contributed by atoms with van der Waals surface area (Å²) in [6.07, 6.45) is 4.96. The second-order valence-electron chi connectivity index (χ2n) is 5.79. The van der Waals surface area contributed by atoms with Crippen molar-refractivity contribution in [2.45, 2.75) is 46.2 Å². The molecule has 1 aromatic carbocycles. The molecule has 0 amide bonds. The molecule has 0 spiro atoms.